The summed E-state index contributed by atoms with van der Waals surface area (Å²) in [4.78, 5) is 48.2. The van der Waals surface area contributed by atoms with Gasteiger partial charge in [0.25, 0.3) is 11.5 Å². The predicted octanol–water partition coefficient (Wildman–Crippen LogP) is -0.141. The van der Waals surface area contributed by atoms with Crippen molar-refractivity contribution in [2.24, 2.45) is 0 Å². The highest BCUT2D eigenvalue weighted by Gasteiger charge is 2.26. The molecule has 1 aliphatic rings. The molecule has 166 valence electrons. The number of aromatic amines is 1. The van der Waals surface area contributed by atoms with Crippen molar-refractivity contribution in [1.29, 1.82) is 0 Å². The highest BCUT2D eigenvalue weighted by molar-refractivity contribution is 5.93. The molecule has 1 saturated heterocycles. The van der Waals surface area contributed by atoms with Crippen molar-refractivity contribution in [3.05, 3.63) is 87.7 Å². The summed E-state index contributed by atoms with van der Waals surface area (Å²) in [5.41, 5.74) is -0.924. The second-order valence-electron chi connectivity index (χ2n) is 7.35. The van der Waals surface area contributed by atoms with Crippen molar-refractivity contribution in [1.82, 2.24) is 39.4 Å². The Morgan fingerprint density at radius 1 is 0.909 bits per heavy atom. The number of carbonyl (C=O) groups excluding carboxylic acids is 1. The van der Waals surface area contributed by atoms with E-state index < -0.39 is 17.2 Å². The summed E-state index contributed by atoms with van der Waals surface area (Å²) < 4.78 is 2.48. The van der Waals surface area contributed by atoms with Crippen molar-refractivity contribution in [3.63, 3.8) is 0 Å². The number of aromatic nitrogens is 7. The topological polar surface area (TPSA) is 135 Å². The summed E-state index contributed by atoms with van der Waals surface area (Å²) in [6, 6.07) is 12.1. The number of piperazine rings is 1. The fourth-order valence-corrected chi connectivity index (χ4v) is 3.68. The first-order valence-corrected chi connectivity index (χ1v) is 10.2. The Hall–Kier alpha value is -4.61. The molecule has 0 spiro atoms. The SMILES string of the molecule is O=C(c1c[nH]c(=O)n(-c2ccccc2)c1=O)N1CCN(c2ccc(-n3cncn3)nn2)CC1. The van der Waals surface area contributed by atoms with Crippen LogP contribution in [0.2, 0.25) is 0 Å². The molecule has 1 fully saturated rings. The van der Waals surface area contributed by atoms with Gasteiger partial charge in [-0.3, -0.25) is 9.59 Å². The quantitative estimate of drug-likeness (QED) is 0.459. The van der Waals surface area contributed by atoms with Crippen molar-refractivity contribution >= 4 is 11.7 Å². The van der Waals surface area contributed by atoms with Gasteiger partial charge in [0.1, 0.15) is 18.2 Å². The van der Waals surface area contributed by atoms with Gasteiger partial charge in [0.15, 0.2) is 11.6 Å². The first-order valence-electron chi connectivity index (χ1n) is 10.2. The Morgan fingerprint density at radius 2 is 1.64 bits per heavy atom. The van der Waals surface area contributed by atoms with E-state index in [4.69, 9.17) is 0 Å². The number of hydrogen-bond donors (Lipinski definition) is 1. The average molecular weight is 445 g/mol. The molecule has 5 rings (SSSR count). The molecule has 0 unspecified atom stereocenters. The number of carbonyl (C=O) groups is 1. The minimum Gasteiger partial charge on any atom is -0.352 e. The van der Waals surface area contributed by atoms with Crippen molar-refractivity contribution in [2.75, 3.05) is 31.1 Å². The molecule has 0 saturated carbocycles. The molecular weight excluding hydrogens is 426 g/mol. The zero-order valence-corrected chi connectivity index (χ0v) is 17.4. The maximum Gasteiger partial charge on any atom is 0.333 e. The van der Waals surface area contributed by atoms with Gasteiger partial charge in [-0.25, -0.2) is 19.0 Å². The van der Waals surface area contributed by atoms with E-state index in [1.54, 1.807) is 41.3 Å². The van der Waals surface area contributed by atoms with Gasteiger partial charge in [0, 0.05) is 32.4 Å². The number of nitrogens with one attached hydrogen (secondary N) is 1. The Kier molecular flexibility index (Phi) is 5.23. The second-order valence-corrected chi connectivity index (χ2v) is 7.35. The molecule has 1 N–H and O–H groups in total. The number of H-pyrrole nitrogens is 1. The van der Waals surface area contributed by atoms with Gasteiger partial charge < -0.3 is 14.8 Å². The minimum absolute atomic E-state index is 0.0797. The molecule has 0 radical (unpaired) electrons. The molecule has 0 aliphatic carbocycles. The second kappa shape index (κ2) is 8.49. The minimum atomic E-state index is -0.646. The summed E-state index contributed by atoms with van der Waals surface area (Å²) in [7, 11) is 0. The molecule has 1 aromatic carbocycles. The fraction of sp³-hybridized carbons (Fsp3) is 0.190. The van der Waals surface area contributed by atoms with Crippen LogP contribution in [0.1, 0.15) is 10.4 Å². The zero-order chi connectivity index (χ0) is 22.8. The molecule has 12 heteroatoms. The first-order chi connectivity index (χ1) is 16.1. The monoisotopic (exact) mass is 445 g/mol. The molecule has 33 heavy (non-hydrogen) atoms. The van der Waals surface area contributed by atoms with Gasteiger partial charge >= 0.3 is 5.69 Å². The van der Waals surface area contributed by atoms with Crippen molar-refractivity contribution in [3.8, 4) is 11.5 Å². The Balaban J connectivity index is 1.30. The lowest BCUT2D eigenvalue weighted by Crippen LogP contribution is -2.50. The van der Waals surface area contributed by atoms with Gasteiger partial charge in [-0.15, -0.1) is 10.2 Å². The van der Waals surface area contributed by atoms with E-state index in [0.29, 0.717) is 43.5 Å². The number of amides is 1. The summed E-state index contributed by atoms with van der Waals surface area (Å²) in [6.45, 7) is 1.85. The normalized spacial score (nSPS) is 13.8. The van der Waals surface area contributed by atoms with Crippen molar-refractivity contribution in [2.45, 2.75) is 0 Å². The molecule has 3 aromatic heterocycles. The van der Waals surface area contributed by atoms with Crippen LogP contribution < -0.4 is 16.1 Å². The molecule has 0 bridgehead atoms. The Labute approximate surface area is 186 Å². The van der Waals surface area contributed by atoms with E-state index in [0.717, 1.165) is 4.57 Å². The van der Waals surface area contributed by atoms with E-state index in [1.165, 1.54) is 23.5 Å². The van der Waals surface area contributed by atoms with Crippen LogP contribution in [0.25, 0.3) is 11.5 Å². The van der Waals surface area contributed by atoms with Gasteiger partial charge in [-0.2, -0.15) is 5.10 Å². The molecule has 12 nitrogen and oxygen atoms in total. The van der Waals surface area contributed by atoms with Crippen LogP contribution in [0.5, 0.6) is 0 Å². The lowest BCUT2D eigenvalue weighted by atomic mass is 10.2. The smallest absolute Gasteiger partial charge is 0.333 e. The first kappa shape index (κ1) is 20.3. The maximum absolute atomic E-state index is 13.1. The molecule has 4 aromatic rings. The van der Waals surface area contributed by atoms with E-state index in [1.807, 2.05) is 11.0 Å². The third kappa shape index (κ3) is 3.89. The Bertz CT molecular complexity index is 1370. The van der Waals surface area contributed by atoms with E-state index >= 15 is 0 Å². The Morgan fingerprint density at radius 3 is 2.30 bits per heavy atom. The number of para-hydroxylation sites is 1. The maximum atomic E-state index is 13.1. The average Bonchev–Trinajstić information content (AvgIpc) is 3.40. The van der Waals surface area contributed by atoms with Crippen molar-refractivity contribution < 1.29 is 4.79 Å². The third-order valence-electron chi connectivity index (χ3n) is 5.40. The number of anilines is 1. The summed E-state index contributed by atoms with van der Waals surface area (Å²) >= 11 is 0. The third-order valence-corrected chi connectivity index (χ3v) is 5.40. The van der Waals surface area contributed by atoms with Crippen LogP contribution in [0.4, 0.5) is 5.82 Å². The number of nitrogens with zero attached hydrogens (tertiary/aromatic N) is 8. The molecule has 1 aliphatic heterocycles. The van der Waals surface area contributed by atoms with Crippen LogP contribution in [0.15, 0.2) is 70.9 Å². The number of benzene rings is 1. The zero-order valence-electron chi connectivity index (χ0n) is 17.4. The highest BCUT2D eigenvalue weighted by atomic mass is 16.2. The molecular formula is C21H19N9O3. The fourth-order valence-electron chi connectivity index (χ4n) is 3.68. The summed E-state index contributed by atoms with van der Waals surface area (Å²) in [6.07, 6.45) is 4.15. The summed E-state index contributed by atoms with van der Waals surface area (Å²) in [5.74, 6) is 0.812. The van der Waals surface area contributed by atoms with Crippen LogP contribution >= 0.6 is 0 Å². The number of hydrogen-bond acceptors (Lipinski definition) is 8. The largest absolute Gasteiger partial charge is 0.352 e. The predicted molar refractivity (Wildman–Crippen MR) is 118 cm³/mol. The molecule has 0 atom stereocenters. The van der Waals surface area contributed by atoms with Crippen LogP contribution in [0.3, 0.4) is 0 Å². The lowest BCUT2D eigenvalue weighted by Gasteiger charge is -2.35. The molecule has 4 heterocycles. The van der Waals surface area contributed by atoms with Gasteiger partial charge in [0.05, 0.1) is 5.69 Å². The number of rotatable bonds is 4. The highest BCUT2D eigenvalue weighted by Crippen LogP contribution is 2.15. The van der Waals surface area contributed by atoms with Gasteiger partial charge in [-0.05, 0) is 24.3 Å². The van der Waals surface area contributed by atoms with E-state index in [2.05, 4.69) is 25.3 Å². The molecule has 1 amide bonds. The van der Waals surface area contributed by atoms with Crippen LogP contribution in [-0.2, 0) is 0 Å². The van der Waals surface area contributed by atoms with E-state index in [9.17, 15) is 14.4 Å². The van der Waals surface area contributed by atoms with E-state index in [-0.39, 0.29) is 5.56 Å². The van der Waals surface area contributed by atoms with Crippen LogP contribution in [-0.4, -0.2) is 71.5 Å². The standard InChI is InChI=1S/C21H19N9O3/c31-19(16-12-23-21(33)30(20(16)32)15-4-2-1-3-5-15)28-10-8-27(9-11-28)17-6-7-18(26-25-17)29-14-22-13-24-29/h1-7,12-14H,8-11H2,(H,23,33). The summed E-state index contributed by atoms with van der Waals surface area (Å²) in [5, 5.41) is 12.4. The van der Waals surface area contributed by atoms with Gasteiger partial charge in [-0.1, -0.05) is 18.2 Å². The lowest BCUT2D eigenvalue weighted by molar-refractivity contribution is 0.0743. The van der Waals surface area contributed by atoms with Gasteiger partial charge in [0.2, 0.25) is 0 Å². The van der Waals surface area contributed by atoms with Crippen LogP contribution in [0, 0.1) is 0 Å².